The third-order valence-corrected chi connectivity index (χ3v) is 1.58. The van der Waals surface area contributed by atoms with Crippen LogP contribution in [-0.2, 0) is 0 Å². The molecule has 0 aliphatic carbocycles. The number of carbonyl (C=O) groups excluding carboxylic acids is 1. The van der Waals surface area contributed by atoms with E-state index in [1.54, 1.807) is 12.1 Å². The van der Waals surface area contributed by atoms with E-state index < -0.39 is 6.17 Å². The molecule has 0 spiro atoms. The van der Waals surface area contributed by atoms with E-state index in [9.17, 15) is 4.79 Å². The van der Waals surface area contributed by atoms with Crippen molar-refractivity contribution in [2.24, 2.45) is 5.73 Å². The normalized spacial score (nSPS) is 11.5. The van der Waals surface area contributed by atoms with Gasteiger partial charge in [-0.1, -0.05) is 30.9 Å². The van der Waals surface area contributed by atoms with Gasteiger partial charge in [0.2, 0.25) is 0 Å². The first kappa shape index (κ1) is 10.3. The Kier molecular flexibility index (Phi) is 3.69. The Bertz CT molecular complexity index is 310. The highest BCUT2D eigenvalue weighted by Crippen LogP contribution is 2.03. The van der Waals surface area contributed by atoms with E-state index in [2.05, 4.69) is 17.2 Å². The molecule has 1 atom stereocenters. The number of para-hydroxylation sites is 1. The molecule has 14 heavy (non-hydrogen) atoms. The average Bonchev–Trinajstić information content (AvgIpc) is 2.19. The highest BCUT2D eigenvalue weighted by atomic mass is 16.2. The molecule has 0 aliphatic heterocycles. The van der Waals surface area contributed by atoms with Crippen molar-refractivity contribution in [3.05, 3.63) is 43.0 Å². The number of hydrogen-bond donors (Lipinski definition) is 3. The second-order valence-corrected chi connectivity index (χ2v) is 2.73. The van der Waals surface area contributed by atoms with E-state index >= 15 is 0 Å². The van der Waals surface area contributed by atoms with Crippen molar-refractivity contribution >= 4 is 11.7 Å². The van der Waals surface area contributed by atoms with Crippen LogP contribution in [0.15, 0.2) is 43.0 Å². The Morgan fingerprint density at radius 2 is 2.07 bits per heavy atom. The standard InChI is InChI=1S/C10H13N3O/c1-2-9(11)13-10(14)12-8-6-4-3-5-7-8/h2-7,9H,1,11H2,(H2,12,13,14). The summed E-state index contributed by atoms with van der Waals surface area (Å²) in [7, 11) is 0. The van der Waals surface area contributed by atoms with Gasteiger partial charge in [0.05, 0.1) is 6.17 Å². The maximum absolute atomic E-state index is 11.2. The number of nitrogens with two attached hydrogens (primary N) is 1. The zero-order valence-electron chi connectivity index (χ0n) is 7.73. The third-order valence-electron chi connectivity index (χ3n) is 1.58. The van der Waals surface area contributed by atoms with Crippen LogP contribution in [0.5, 0.6) is 0 Å². The van der Waals surface area contributed by atoms with Gasteiger partial charge in [-0.3, -0.25) is 0 Å². The molecule has 1 unspecified atom stereocenters. The monoisotopic (exact) mass is 191 g/mol. The molecule has 1 rings (SSSR count). The van der Waals surface area contributed by atoms with Gasteiger partial charge in [-0.2, -0.15) is 0 Å². The number of urea groups is 1. The molecule has 1 aromatic rings. The van der Waals surface area contributed by atoms with Crippen molar-refractivity contribution < 1.29 is 4.79 Å². The summed E-state index contributed by atoms with van der Waals surface area (Å²) in [5.74, 6) is 0. The fourth-order valence-electron chi connectivity index (χ4n) is 0.899. The van der Waals surface area contributed by atoms with E-state index in [1.165, 1.54) is 6.08 Å². The summed E-state index contributed by atoms with van der Waals surface area (Å²) in [6.45, 7) is 3.45. The van der Waals surface area contributed by atoms with Crippen LogP contribution in [0.4, 0.5) is 10.5 Å². The minimum absolute atomic E-state index is 0.344. The molecule has 0 bridgehead atoms. The van der Waals surface area contributed by atoms with Crippen LogP contribution in [0.25, 0.3) is 0 Å². The van der Waals surface area contributed by atoms with Gasteiger partial charge in [-0.05, 0) is 12.1 Å². The molecule has 0 saturated heterocycles. The van der Waals surface area contributed by atoms with Crippen molar-refractivity contribution in [3.8, 4) is 0 Å². The van der Waals surface area contributed by atoms with E-state index in [1.807, 2.05) is 18.2 Å². The molecular formula is C10H13N3O. The molecule has 0 aliphatic rings. The van der Waals surface area contributed by atoms with Gasteiger partial charge < -0.3 is 16.4 Å². The summed E-state index contributed by atoms with van der Waals surface area (Å²) in [6.07, 6.45) is 0.920. The van der Waals surface area contributed by atoms with E-state index in [4.69, 9.17) is 5.73 Å². The Hall–Kier alpha value is -1.81. The lowest BCUT2D eigenvalue weighted by Gasteiger charge is -2.10. The lowest BCUT2D eigenvalue weighted by atomic mass is 10.3. The van der Waals surface area contributed by atoms with E-state index in [-0.39, 0.29) is 6.03 Å². The van der Waals surface area contributed by atoms with Crippen molar-refractivity contribution in [2.45, 2.75) is 6.17 Å². The van der Waals surface area contributed by atoms with Crippen LogP contribution in [0.2, 0.25) is 0 Å². The maximum Gasteiger partial charge on any atom is 0.320 e. The lowest BCUT2D eigenvalue weighted by molar-refractivity contribution is 0.250. The van der Waals surface area contributed by atoms with Crippen LogP contribution in [0.3, 0.4) is 0 Å². The lowest BCUT2D eigenvalue weighted by Crippen LogP contribution is -2.42. The molecule has 0 saturated carbocycles. The van der Waals surface area contributed by atoms with Crippen LogP contribution in [0.1, 0.15) is 0 Å². The number of carbonyl (C=O) groups is 1. The largest absolute Gasteiger partial charge is 0.320 e. The number of rotatable bonds is 3. The molecule has 2 amide bonds. The predicted octanol–water partition coefficient (Wildman–Crippen LogP) is 1.28. The summed E-state index contributed by atoms with van der Waals surface area (Å²) < 4.78 is 0. The van der Waals surface area contributed by atoms with Crippen LogP contribution in [0, 0.1) is 0 Å². The Morgan fingerprint density at radius 3 is 2.64 bits per heavy atom. The quantitative estimate of drug-likeness (QED) is 0.497. The Morgan fingerprint density at radius 1 is 1.43 bits per heavy atom. The molecule has 0 radical (unpaired) electrons. The molecule has 4 N–H and O–H groups in total. The van der Waals surface area contributed by atoms with Crippen molar-refractivity contribution in [1.29, 1.82) is 0 Å². The first-order chi connectivity index (χ1) is 6.72. The van der Waals surface area contributed by atoms with Gasteiger partial charge in [0, 0.05) is 5.69 Å². The summed E-state index contributed by atoms with van der Waals surface area (Å²) in [4.78, 5) is 11.2. The van der Waals surface area contributed by atoms with Crippen LogP contribution in [-0.4, -0.2) is 12.2 Å². The SMILES string of the molecule is C=CC(N)NC(=O)Nc1ccccc1. The highest BCUT2D eigenvalue weighted by Gasteiger charge is 2.02. The molecular weight excluding hydrogens is 178 g/mol. The summed E-state index contributed by atoms with van der Waals surface area (Å²) in [6, 6.07) is 8.78. The molecule has 0 fully saturated rings. The number of benzene rings is 1. The zero-order valence-corrected chi connectivity index (χ0v) is 7.73. The fourth-order valence-corrected chi connectivity index (χ4v) is 0.899. The van der Waals surface area contributed by atoms with Gasteiger partial charge in [0.1, 0.15) is 0 Å². The smallest absolute Gasteiger partial charge is 0.319 e. The Labute approximate surface area is 82.8 Å². The van der Waals surface area contributed by atoms with Crippen LogP contribution >= 0.6 is 0 Å². The average molecular weight is 191 g/mol. The minimum Gasteiger partial charge on any atom is -0.319 e. The van der Waals surface area contributed by atoms with Crippen molar-refractivity contribution in [3.63, 3.8) is 0 Å². The molecule has 0 aromatic heterocycles. The topological polar surface area (TPSA) is 67.1 Å². The van der Waals surface area contributed by atoms with Crippen molar-refractivity contribution in [1.82, 2.24) is 5.32 Å². The summed E-state index contributed by atoms with van der Waals surface area (Å²) in [5.41, 5.74) is 6.16. The second-order valence-electron chi connectivity index (χ2n) is 2.73. The van der Waals surface area contributed by atoms with E-state index in [0.717, 1.165) is 5.69 Å². The maximum atomic E-state index is 11.2. The van der Waals surface area contributed by atoms with Gasteiger partial charge >= 0.3 is 6.03 Å². The van der Waals surface area contributed by atoms with Gasteiger partial charge in [0.15, 0.2) is 0 Å². The predicted molar refractivity (Wildman–Crippen MR) is 56.8 cm³/mol. The van der Waals surface area contributed by atoms with Crippen molar-refractivity contribution in [2.75, 3.05) is 5.32 Å². The molecule has 1 aromatic carbocycles. The number of anilines is 1. The van der Waals surface area contributed by atoms with Gasteiger partial charge in [-0.15, -0.1) is 0 Å². The molecule has 0 heterocycles. The van der Waals surface area contributed by atoms with Gasteiger partial charge in [0.25, 0.3) is 0 Å². The fraction of sp³-hybridized carbons (Fsp3) is 0.100. The molecule has 4 nitrogen and oxygen atoms in total. The van der Waals surface area contributed by atoms with Crippen LogP contribution < -0.4 is 16.4 Å². The molecule has 74 valence electrons. The Balaban J connectivity index is 2.46. The summed E-state index contributed by atoms with van der Waals surface area (Å²) in [5, 5.41) is 5.12. The first-order valence-corrected chi connectivity index (χ1v) is 4.23. The first-order valence-electron chi connectivity index (χ1n) is 4.23. The second kappa shape index (κ2) is 5.04. The zero-order chi connectivity index (χ0) is 10.4. The number of amides is 2. The number of nitrogens with one attached hydrogen (secondary N) is 2. The van der Waals surface area contributed by atoms with E-state index in [0.29, 0.717) is 0 Å². The summed E-state index contributed by atoms with van der Waals surface area (Å²) >= 11 is 0. The molecule has 4 heteroatoms. The minimum atomic E-state index is -0.529. The third kappa shape index (κ3) is 3.28. The van der Waals surface area contributed by atoms with Gasteiger partial charge in [-0.25, -0.2) is 4.79 Å². The highest BCUT2D eigenvalue weighted by molar-refractivity contribution is 5.89. The number of hydrogen-bond acceptors (Lipinski definition) is 2.